The van der Waals surface area contributed by atoms with Gasteiger partial charge in [0.15, 0.2) is 5.82 Å². The van der Waals surface area contributed by atoms with Gasteiger partial charge in [0.05, 0.1) is 0 Å². The lowest BCUT2D eigenvalue weighted by molar-refractivity contribution is -0.140. The Kier molecular flexibility index (Phi) is 3.08. The molecule has 6 nitrogen and oxygen atoms in total. The number of aromatic nitrogens is 2. The maximum atomic E-state index is 10.8. The van der Waals surface area contributed by atoms with Crippen LogP contribution >= 0.6 is 0 Å². The summed E-state index contributed by atoms with van der Waals surface area (Å²) in [6.07, 6.45) is 0. The van der Waals surface area contributed by atoms with Gasteiger partial charge in [-0.1, -0.05) is 0 Å². The molecule has 0 radical (unpaired) electrons. The van der Waals surface area contributed by atoms with Crippen molar-refractivity contribution >= 4 is 17.7 Å². The normalized spacial score (nSPS) is 12.2. The minimum Gasteiger partial charge on any atom is -0.480 e. The van der Waals surface area contributed by atoms with Crippen molar-refractivity contribution in [3.8, 4) is 0 Å². The fourth-order valence-corrected chi connectivity index (χ4v) is 1.23. The van der Waals surface area contributed by atoms with Gasteiger partial charge in [-0.3, -0.25) is 9.48 Å². The molecule has 1 unspecified atom stereocenters. The number of nitrogens with one attached hydrogen (secondary N) is 1. The summed E-state index contributed by atoms with van der Waals surface area (Å²) in [5.74, 6) is -0.827. The van der Waals surface area contributed by atoms with Crippen LogP contribution in [0.4, 0.5) is 5.82 Å². The lowest BCUT2D eigenvalue weighted by Gasteiger charge is -2.08. The summed E-state index contributed by atoms with van der Waals surface area (Å²) in [5.41, 5.74) is 0.689. The minimum atomic E-state index is -0.962. The van der Waals surface area contributed by atoms with Gasteiger partial charge in [-0.05, 0) is 13.8 Å². The number of rotatable bonds is 3. The van der Waals surface area contributed by atoms with E-state index in [-0.39, 0.29) is 5.91 Å². The number of carboxylic acid groups (broad SMARTS) is 1. The average molecular weight is 211 g/mol. The van der Waals surface area contributed by atoms with Crippen LogP contribution < -0.4 is 5.32 Å². The lowest BCUT2D eigenvalue weighted by atomic mass is 10.3. The van der Waals surface area contributed by atoms with Gasteiger partial charge in [0, 0.05) is 18.7 Å². The third kappa shape index (κ3) is 2.55. The lowest BCUT2D eigenvalue weighted by Crippen LogP contribution is -2.18. The van der Waals surface area contributed by atoms with Crippen molar-refractivity contribution in [3.63, 3.8) is 0 Å². The van der Waals surface area contributed by atoms with Crippen LogP contribution in [-0.4, -0.2) is 26.8 Å². The molecule has 0 aliphatic heterocycles. The van der Waals surface area contributed by atoms with Gasteiger partial charge in [-0.2, -0.15) is 5.10 Å². The Labute approximate surface area is 86.9 Å². The van der Waals surface area contributed by atoms with Gasteiger partial charge < -0.3 is 10.4 Å². The first kappa shape index (κ1) is 11.2. The van der Waals surface area contributed by atoms with E-state index < -0.39 is 12.0 Å². The fourth-order valence-electron chi connectivity index (χ4n) is 1.23. The van der Waals surface area contributed by atoms with Crippen LogP contribution in [0.3, 0.4) is 0 Å². The first-order valence-corrected chi connectivity index (χ1v) is 4.48. The highest BCUT2D eigenvalue weighted by Gasteiger charge is 2.17. The molecule has 0 bridgehead atoms. The summed E-state index contributed by atoms with van der Waals surface area (Å²) in [7, 11) is 0. The SMILES string of the molecule is CC(=O)Nc1cc(C)n(C(C)C(=O)O)n1. The highest BCUT2D eigenvalue weighted by Crippen LogP contribution is 2.14. The molecular weight excluding hydrogens is 198 g/mol. The fraction of sp³-hybridized carbons (Fsp3) is 0.444. The van der Waals surface area contributed by atoms with E-state index in [0.29, 0.717) is 11.5 Å². The Hall–Kier alpha value is -1.85. The molecule has 15 heavy (non-hydrogen) atoms. The van der Waals surface area contributed by atoms with Gasteiger partial charge in [-0.25, -0.2) is 4.79 Å². The number of carbonyl (C=O) groups is 2. The number of amides is 1. The molecule has 0 spiro atoms. The summed E-state index contributed by atoms with van der Waals surface area (Å²) in [4.78, 5) is 21.5. The first-order valence-electron chi connectivity index (χ1n) is 4.48. The van der Waals surface area contributed by atoms with Crippen LogP contribution in [0.2, 0.25) is 0 Å². The first-order chi connectivity index (χ1) is 6.91. The Balaban J connectivity index is 2.95. The molecule has 0 fully saturated rings. The van der Waals surface area contributed by atoms with Gasteiger partial charge in [0.25, 0.3) is 0 Å². The molecule has 0 aromatic carbocycles. The molecule has 0 saturated heterocycles. The Morgan fingerprint density at radius 2 is 2.20 bits per heavy atom. The predicted octanol–water partition coefficient (Wildman–Crippen LogP) is 0.796. The van der Waals surface area contributed by atoms with Gasteiger partial charge in [-0.15, -0.1) is 0 Å². The van der Waals surface area contributed by atoms with Crippen LogP contribution in [-0.2, 0) is 9.59 Å². The number of aliphatic carboxylic acids is 1. The Morgan fingerprint density at radius 1 is 1.60 bits per heavy atom. The summed E-state index contributed by atoms with van der Waals surface area (Å²) >= 11 is 0. The molecule has 0 aliphatic rings. The topological polar surface area (TPSA) is 84.2 Å². The van der Waals surface area contributed by atoms with Crippen molar-refractivity contribution in [1.82, 2.24) is 9.78 Å². The van der Waals surface area contributed by atoms with Crippen molar-refractivity contribution in [2.24, 2.45) is 0 Å². The molecule has 0 aliphatic carbocycles. The number of carbonyl (C=O) groups excluding carboxylic acids is 1. The predicted molar refractivity (Wildman–Crippen MR) is 53.6 cm³/mol. The van der Waals surface area contributed by atoms with E-state index in [0.717, 1.165) is 0 Å². The third-order valence-electron chi connectivity index (χ3n) is 1.95. The number of carboxylic acids is 1. The minimum absolute atomic E-state index is 0.234. The number of aryl methyl sites for hydroxylation is 1. The molecule has 6 heteroatoms. The standard InChI is InChI=1S/C9H13N3O3/c1-5-4-8(10-7(3)13)11-12(5)6(2)9(14)15/h4,6H,1-3H3,(H,14,15)(H,10,11,13). The molecule has 1 amide bonds. The second kappa shape index (κ2) is 4.12. The molecular formula is C9H13N3O3. The van der Waals surface area contributed by atoms with Gasteiger partial charge in [0.1, 0.15) is 6.04 Å². The highest BCUT2D eigenvalue weighted by molar-refractivity contribution is 5.87. The number of hydrogen-bond acceptors (Lipinski definition) is 3. The van der Waals surface area contributed by atoms with Gasteiger partial charge >= 0.3 is 5.97 Å². The zero-order valence-corrected chi connectivity index (χ0v) is 8.81. The molecule has 2 N–H and O–H groups in total. The summed E-state index contributed by atoms with van der Waals surface area (Å²) in [6, 6.07) is 0.883. The second-order valence-electron chi connectivity index (χ2n) is 3.31. The average Bonchev–Trinajstić information content (AvgIpc) is 2.44. The van der Waals surface area contributed by atoms with Crippen LogP contribution in [0.1, 0.15) is 25.6 Å². The maximum Gasteiger partial charge on any atom is 0.328 e. The molecule has 1 atom stereocenters. The summed E-state index contributed by atoms with van der Waals surface area (Å²) in [5, 5.41) is 15.3. The molecule has 1 rings (SSSR count). The van der Waals surface area contributed by atoms with Gasteiger partial charge in [0.2, 0.25) is 5.91 Å². The summed E-state index contributed by atoms with van der Waals surface area (Å²) in [6.45, 7) is 4.63. The summed E-state index contributed by atoms with van der Waals surface area (Å²) < 4.78 is 1.35. The monoisotopic (exact) mass is 211 g/mol. The van der Waals surface area contributed by atoms with Crippen LogP contribution in [0.15, 0.2) is 6.07 Å². The van der Waals surface area contributed by atoms with E-state index in [1.54, 1.807) is 13.0 Å². The van der Waals surface area contributed by atoms with E-state index in [2.05, 4.69) is 10.4 Å². The quantitative estimate of drug-likeness (QED) is 0.774. The second-order valence-corrected chi connectivity index (χ2v) is 3.31. The maximum absolute atomic E-state index is 10.8. The van der Waals surface area contributed by atoms with E-state index in [4.69, 9.17) is 5.11 Å². The number of nitrogens with zero attached hydrogens (tertiary/aromatic N) is 2. The van der Waals surface area contributed by atoms with E-state index in [1.807, 2.05) is 0 Å². The van der Waals surface area contributed by atoms with Crippen molar-refractivity contribution in [1.29, 1.82) is 0 Å². The van der Waals surface area contributed by atoms with Crippen LogP contribution in [0.25, 0.3) is 0 Å². The van der Waals surface area contributed by atoms with Crippen LogP contribution in [0.5, 0.6) is 0 Å². The smallest absolute Gasteiger partial charge is 0.328 e. The molecule has 0 saturated carbocycles. The highest BCUT2D eigenvalue weighted by atomic mass is 16.4. The molecule has 82 valence electrons. The number of anilines is 1. The Morgan fingerprint density at radius 3 is 2.67 bits per heavy atom. The third-order valence-corrected chi connectivity index (χ3v) is 1.95. The molecule has 1 aromatic heterocycles. The van der Waals surface area contributed by atoms with E-state index in [1.165, 1.54) is 18.5 Å². The molecule has 1 heterocycles. The largest absolute Gasteiger partial charge is 0.480 e. The van der Waals surface area contributed by atoms with E-state index >= 15 is 0 Å². The van der Waals surface area contributed by atoms with E-state index in [9.17, 15) is 9.59 Å². The van der Waals surface area contributed by atoms with Crippen molar-refractivity contribution < 1.29 is 14.7 Å². The zero-order valence-electron chi connectivity index (χ0n) is 8.81. The van der Waals surface area contributed by atoms with Crippen molar-refractivity contribution in [2.75, 3.05) is 5.32 Å². The van der Waals surface area contributed by atoms with Crippen LogP contribution in [0, 0.1) is 6.92 Å². The number of hydrogen-bond donors (Lipinski definition) is 2. The van der Waals surface area contributed by atoms with Crippen molar-refractivity contribution in [3.05, 3.63) is 11.8 Å². The molecule has 1 aromatic rings. The Bertz CT molecular complexity index is 397. The van der Waals surface area contributed by atoms with Crippen molar-refractivity contribution in [2.45, 2.75) is 26.8 Å². The zero-order chi connectivity index (χ0) is 11.6.